The fraction of sp³-hybridized carbons (Fsp3) is 0.692. The third-order valence-corrected chi connectivity index (χ3v) is 4.39. The van der Waals surface area contributed by atoms with Crippen molar-refractivity contribution in [3.8, 4) is 0 Å². The maximum absolute atomic E-state index is 5.67. The van der Waals surface area contributed by atoms with Gasteiger partial charge in [0.1, 0.15) is 0 Å². The Balaban J connectivity index is 1.90. The summed E-state index contributed by atoms with van der Waals surface area (Å²) >= 11 is 1.75. The molecule has 1 fully saturated rings. The molecule has 16 heavy (non-hydrogen) atoms. The van der Waals surface area contributed by atoms with Gasteiger partial charge in [-0.15, -0.1) is 0 Å². The van der Waals surface area contributed by atoms with E-state index in [4.69, 9.17) is 5.84 Å². The predicted molar refractivity (Wildman–Crippen MR) is 70.2 cm³/mol. The van der Waals surface area contributed by atoms with Gasteiger partial charge >= 0.3 is 0 Å². The number of hydrogen-bond acceptors (Lipinski definition) is 3. The third-order valence-electron chi connectivity index (χ3n) is 3.69. The maximum Gasteiger partial charge on any atom is 0.0470 e. The fourth-order valence-corrected chi connectivity index (χ4v) is 3.42. The Labute approximate surface area is 102 Å². The standard InChI is InChI=1S/C13H22N2S/c14-15-13(12-7-8-16-10-12)9-11-5-3-1-2-4-6-11/h7-8,10-11,13,15H,1-6,9,14H2. The van der Waals surface area contributed by atoms with Crippen LogP contribution < -0.4 is 11.3 Å². The lowest BCUT2D eigenvalue weighted by molar-refractivity contribution is 0.359. The monoisotopic (exact) mass is 238 g/mol. The smallest absolute Gasteiger partial charge is 0.0470 e. The summed E-state index contributed by atoms with van der Waals surface area (Å²) in [6.45, 7) is 0. The summed E-state index contributed by atoms with van der Waals surface area (Å²) in [5, 5.41) is 4.34. The van der Waals surface area contributed by atoms with Gasteiger partial charge in [-0.25, -0.2) is 0 Å². The molecule has 1 atom stereocenters. The number of hydrazine groups is 1. The van der Waals surface area contributed by atoms with E-state index in [-0.39, 0.29) is 0 Å². The van der Waals surface area contributed by atoms with E-state index in [1.165, 1.54) is 50.5 Å². The van der Waals surface area contributed by atoms with Crippen molar-refractivity contribution in [2.75, 3.05) is 0 Å². The van der Waals surface area contributed by atoms with Crippen molar-refractivity contribution in [3.05, 3.63) is 22.4 Å². The molecular weight excluding hydrogens is 216 g/mol. The molecule has 0 radical (unpaired) electrons. The maximum atomic E-state index is 5.67. The van der Waals surface area contributed by atoms with Crippen LogP contribution in [-0.4, -0.2) is 0 Å². The van der Waals surface area contributed by atoms with Gasteiger partial charge in [-0.05, 0) is 34.7 Å². The second-order valence-corrected chi connectivity index (χ2v) is 5.65. The van der Waals surface area contributed by atoms with Crippen molar-refractivity contribution in [2.24, 2.45) is 11.8 Å². The molecule has 3 N–H and O–H groups in total. The van der Waals surface area contributed by atoms with Crippen molar-refractivity contribution < 1.29 is 0 Å². The molecule has 0 saturated heterocycles. The van der Waals surface area contributed by atoms with Crippen molar-refractivity contribution in [2.45, 2.75) is 51.0 Å². The Morgan fingerprint density at radius 1 is 1.31 bits per heavy atom. The lowest BCUT2D eigenvalue weighted by Gasteiger charge is -2.21. The minimum Gasteiger partial charge on any atom is -0.271 e. The zero-order valence-electron chi connectivity index (χ0n) is 9.82. The minimum atomic E-state index is 0.356. The molecule has 0 aliphatic heterocycles. The molecule has 1 aliphatic rings. The van der Waals surface area contributed by atoms with Gasteiger partial charge < -0.3 is 0 Å². The van der Waals surface area contributed by atoms with E-state index in [1.807, 2.05) is 0 Å². The highest BCUT2D eigenvalue weighted by Crippen LogP contribution is 2.31. The van der Waals surface area contributed by atoms with E-state index in [0.717, 1.165) is 5.92 Å². The average molecular weight is 238 g/mol. The molecule has 2 nitrogen and oxygen atoms in total. The van der Waals surface area contributed by atoms with Crippen LogP contribution in [0, 0.1) is 5.92 Å². The van der Waals surface area contributed by atoms with Gasteiger partial charge in [-0.1, -0.05) is 38.5 Å². The minimum absolute atomic E-state index is 0.356. The summed E-state index contributed by atoms with van der Waals surface area (Å²) in [6, 6.07) is 2.54. The van der Waals surface area contributed by atoms with Crippen LogP contribution >= 0.6 is 11.3 Å². The molecule has 1 aromatic heterocycles. The van der Waals surface area contributed by atoms with Crippen molar-refractivity contribution in [1.29, 1.82) is 0 Å². The van der Waals surface area contributed by atoms with Gasteiger partial charge in [-0.3, -0.25) is 11.3 Å². The van der Waals surface area contributed by atoms with E-state index in [0.29, 0.717) is 6.04 Å². The first kappa shape index (κ1) is 12.1. The molecular formula is C13H22N2S. The first-order valence-corrected chi connectivity index (χ1v) is 7.32. The van der Waals surface area contributed by atoms with Gasteiger partial charge in [0.25, 0.3) is 0 Å². The summed E-state index contributed by atoms with van der Waals surface area (Å²) in [4.78, 5) is 0. The van der Waals surface area contributed by atoms with Crippen LogP contribution in [0.1, 0.15) is 56.6 Å². The highest BCUT2D eigenvalue weighted by Gasteiger charge is 2.18. The molecule has 1 aliphatic carbocycles. The number of nitrogens with two attached hydrogens (primary N) is 1. The van der Waals surface area contributed by atoms with Crippen LogP contribution in [0.5, 0.6) is 0 Å². The Hall–Kier alpha value is -0.380. The summed E-state index contributed by atoms with van der Waals surface area (Å²) in [7, 11) is 0. The van der Waals surface area contributed by atoms with Gasteiger partial charge in [0, 0.05) is 6.04 Å². The van der Waals surface area contributed by atoms with Crippen molar-refractivity contribution >= 4 is 11.3 Å². The molecule has 1 saturated carbocycles. The van der Waals surface area contributed by atoms with E-state index in [1.54, 1.807) is 11.3 Å². The molecule has 0 amide bonds. The normalized spacial score (nSPS) is 20.6. The summed E-state index contributed by atoms with van der Waals surface area (Å²) in [5.74, 6) is 6.54. The van der Waals surface area contributed by atoms with Crippen LogP contribution in [0.25, 0.3) is 0 Å². The lowest BCUT2D eigenvalue weighted by atomic mass is 9.91. The highest BCUT2D eigenvalue weighted by atomic mass is 32.1. The zero-order chi connectivity index (χ0) is 11.2. The molecule has 1 heterocycles. The van der Waals surface area contributed by atoms with E-state index >= 15 is 0 Å². The lowest BCUT2D eigenvalue weighted by Crippen LogP contribution is -2.29. The predicted octanol–water partition coefficient (Wildman–Crippen LogP) is 3.61. The van der Waals surface area contributed by atoms with Crippen LogP contribution in [0.15, 0.2) is 16.8 Å². The Kier molecular flexibility index (Phi) is 4.82. The topological polar surface area (TPSA) is 38.0 Å². The molecule has 3 heteroatoms. The van der Waals surface area contributed by atoms with Gasteiger partial charge in [0.2, 0.25) is 0 Å². The van der Waals surface area contributed by atoms with Gasteiger partial charge in [0.05, 0.1) is 0 Å². The largest absolute Gasteiger partial charge is 0.271 e. The van der Waals surface area contributed by atoms with Crippen molar-refractivity contribution in [3.63, 3.8) is 0 Å². The highest BCUT2D eigenvalue weighted by molar-refractivity contribution is 7.07. The summed E-state index contributed by atoms with van der Waals surface area (Å²) in [5.41, 5.74) is 4.34. The second-order valence-electron chi connectivity index (χ2n) is 4.87. The first-order valence-electron chi connectivity index (χ1n) is 6.38. The Morgan fingerprint density at radius 2 is 2.06 bits per heavy atom. The number of hydrogen-bond donors (Lipinski definition) is 2. The van der Waals surface area contributed by atoms with Crippen LogP contribution in [0.3, 0.4) is 0 Å². The van der Waals surface area contributed by atoms with Crippen LogP contribution in [-0.2, 0) is 0 Å². The summed E-state index contributed by atoms with van der Waals surface area (Å²) < 4.78 is 0. The molecule has 0 aromatic carbocycles. The molecule has 1 aromatic rings. The first-order chi connectivity index (χ1) is 7.90. The molecule has 90 valence electrons. The number of nitrogens with one attached hydrogen (secondary N) is 1. The molecule has 2 rings (SSSR count). The molecule has 0 spiro atoms. The molecule has 1 unspecified atom stereocenters. The van der Waals surface area contributed by atoms with Gasteiger partial charge in [-0.2, -0.15) is 11.3 Å². The number of thiophene rings is 1. The Bertz CT molecular complexity index is 276. The number of rotatable bonds is 4. The van der Waals surface area contributed by atoms with Crippen molar-refractivity contribution in [1.82, 2.24) is 5.43 Å². The quantitative estimate of drug-likeness (QED) is 0.478. The molecule has 0 bridgehead atoms. The van der Waals surface area contributed by atoms with Crippen LogP contribution in [0.4, 0.5) is 0 Å². The Morgan fingerprint density at radius 3 is 2.62 bits per heavy atom. The fourth-order valence-electron chi connectivity index (χ4n) is 2.71. The zero-order valence-corrected chi connectivity index (χ0v) is 10.6. The van der Waals surface area contributed by atoms with Crippen LogP contribution in [0.2, 0.25) is 0 Å². The van der Waals surface area contributed by atoms with Gasteiger partial charge in [0.15, 0.2) is 0 Å². The third kappa shape index (κ3) is 3.30. The summed E-state index contributed by atoms with van der Waals surface area (Å²) in [6.07, 6.45) is 9.65. The van der Waals surface area contributed by atoms with E-state index in [9.17, 15) is 0 Å². The van der Waals surface area contributed by atoms with E-state index in [2.05, 4.69) is 22.3 Å². The average Bonchev–Trinajstić information content (AvgIpc) is 2.71. The van der Waals surface area contributed by atoms with E-state index < -0.39 is 0 Å². The SMILES string of the molecule is NNC(CC1CCCCCC1)c1ccsc1. The second kappa shape index (κ2) is 6.38.